The molecule has 3 rings (SSSR count). The van der Waals surface area contributed by atoms with Crippen molar-refractivity contribution in [3.8, 4) is 11.8 Å². The lowest BCUT2D eigenvalue weighted by atomic mass is 10.1. The van der Waals surface area contributed by atoms with Gasteiger partial charge in [0.1, 0.15) is 17.6 Å². The van der Waals surface area contributed by atoms with Crippen LogP contribution >= 0.6 is 0 Å². The minimum atomic E-state index is 0.500. The number of nitrogens with one attached hydrogen (secondary N) is 1. The third-order valence-corrected chi connectivity index (χ3v) is 3.20. The topological polar surface area (TPSA) is 57.9 Å². The third-order valence-electron chi connectivity index (χ3n) is 3.20. The lowest BCUT2D eigenvalue weighted by Crippen LogP contribution is -1.99. The molecule has 0 saturated heterocycles. The van der Waals surface area contributed by atoms with Crippen LogP contribution in [0, 0.1) is 11.3 Å². The fourth-order valence-corrected chi connectivity index (χ4v) is 2.17. The molecule has 0 amide bonds. The molecule has 0 spiro atoms. The fourth-order valence-electron chi connectivity index (χ4n) is 2.17. The number of para-hydroxylation sites is 3. The second-order valence-electron chi connectivity index (χ2n) is 4.51. The highest BCUT2D eigenvalue weighted by atomic mass is 16.5. The van der Waals surface area contributed by atoms with Gasteiger partial charge in [0, 0.05) is 5.39 Å². The van der Waals surface area contributed by atoms with Gasteiger partial charge < -0.3 is 10.1 Å². The zero-order chi connectivity index (χ0) is 14.7. The minimum absolute atomic E-state index is 0.500. The van der Waals surface area contributed by atoms with Gasteiger partial charge in [-0.15, -0.1) is 0 Å². The normalized spacial score (nSPS) is 10.1. The van der Waals surface area contributed by atoms with E-state index in [1.54, 1.807) is 7.11 Å². The van der Waals surface area contributed by atoms with Crippen LogP contribution in [0.15, 0.2) is 54.6 Å². The maximum absolute atomic E-state index is 9.32. The SMILES string of the molecule is COc1ccccc1Nc1nc2ccccc2cc1C#N. The zero-order valence-electron chi connectivity index (χ0n) is 11.5. The van der Waals surface area contributed by atoms with Crippen molar-refractivity contribution in [1.82, 2.24) is 4.98 Å². The molecule has 0 saturated carbocycles. The van der Waals surface area contributed by atoms with Crippen LogP contribution in [0.25, 0.3) is 10.9 Å². The molecule has 2 aromatic carbocycles. The van der Waals surface area contributed by atoms with Gasteiger partial charge in [-0.25, -0.2) is 4.98 Å². The average molecular weight is 275 g/mol. The Balaban J connectivity index is 2.09. The molecule has 0 aliphatic rings. The van der Waals surface area contributed by atoms with Crippen LogP contribution in [0.4, 0.5) is 11.5 Å². The van der Waals surface area contributed by atoms with Crippen LogP contribution in [-0.2, 0) is 0 Å². The maximum Gasteiger partial charge on any atom is 0.149 e. The van der Waals surface area contributed by atoms with Crippen molar-refractivity contribution >= 4 is 22.4 Å². The Labute approximate surface area is 122 Å². The van der Waals surface area contributed by atoms with Gasteiger partial charge in [-0.3, -0.25) is 0 Å². The van der Waals surface area contributed by atoms with Crippen LogP contribution in [-0.4, -0.2) is 12.1 Å². The number of hydrogen-bond acceptors (Lipinski definition) is 4. The average Bonchev–Trinajstić information content (AvgIpc) is 2.54. The van der Waals surface area contributed by atoms with Crippen LogP contribution in [0.1, 0.15) is 5.56 Å². The Kier molecular flexibility index (Phi) is 3.40. The lowest BCUT2D eigenvalue weighted by Gasteiger charge is -2.12. The second-order valence-corrected chi connectivity index (χ2v) is 4.51. The first-order valence-corrected chi connectivity index (χ1v) is 6.52. The smallest absolute Gasteiger partial charge is 0.149 e. The molecular weight excluding hydrogens is 262 g/mol. The Morgan fingerprint density at radius 3 is 2.67 bits per heavy atom. The van der Waals surface area contributed by atoms with Crippen molar-refractivity contribution in [2.45, 2.75) is 0 Å². The predicted molar refractivity (Wildman–Crippen MR) is 82.7 cm³/mol. The van der Waals surface area contributed by atoms with E-state index in [4.69, 9.17) is 4.74 Å². The standard InChI is InChI=1S/C17H13N3O/c1-21-16-9-5-4-8-15(16)20-17-13(11-18)10-12-6-2-3-7-14(12)19-17/h2-10H,1H3,(H,19,20). The molecule has 0 aliphatic carbocycles. The Hall–Kier alpha value is -3.06. The van der Waals surface area contributed by atoms with Crippen molar-refractivity contribution in [2.75, 3.05) is 12.4 Å². The van der Waals surface area contributed by atoms with Gasteiger partial charge in [0.2, 0.25) is 0 Å². The van der Waals surface area contributed by atoms with Crippen molar-refractivity contribution < 1.29 is 4.74 Å². The lowest BCUT2D eigenvalue weighted by molar-refractivity contribution is 0.417. The van der Waals surface area contributed by atoms with E-state index in [1.807, 2.05) is 54.6 Å². The van der Waals surface area contributed by atoms with Crippen molar-refractivity contribution in [2.24, 2.45) is 0 Å². The van der Waals surface area contributed by atoms with Gasteiger partial charge in [-0.05, 0) is 24.3 Å². The maximum atomic E-state index is 9.32. The molecule has 3 aromatic rings. The van der Waals surface area contributed by atoms with Crippen molar-refractivity contribution in [1.29, 1.82) is 5.26 Å². The van der Waals surface area contributed by atoms with Crippen LogP contribution in [0.2, 0.25) is 0 Å². The number of fused-ring (bicyclic) bond motifs is 1. The summed E-state index contributed by atoms with van der Waals surface area (Å²) in [6, 6.07) is 19.3. The van der Waals surface area contributed by atoms with Crippen molar-refractivity contribution in [3.05, 3.63) is 60.2 Å². The van der Waals surface area contributed by atoms with Gasteiger partial charge in [0.15, 0.2) is 0 Å². The largest absolute Gasteiger partial charge is 0.495 e. The zero-order valence-corrected chi connectivity index (χ0v) is 11.5. The van der Waals surface area contributed by atoms with Gasteiger partial charge in [0.25, 0.3) is 0 Å². The van der Waals surface area contributed by atoms with E-state index >= 15 is 0 Å². The summed E-state index contributed by atoms with van der Waals surface area (Å²) in [6.07, 6.45) is 0. The van der Waals surface area contributed by atoms with E-state index in [0.717, 1.165) is 16.6 Å². The number of nitriles is 1. The Morgan fingerprint density at radius 2 is 1.86 bits per heavy atom. The van der Waals surface area contributed by atoms with Crippen LogP contribution < -0.4 is 10.1 Å². The molecule has 0 atom stereocenters. The summed E-state index contributed by atoms with van der Waals surface area (Å²) in [5.41, 5.74) is 2.12. The van der Waals surface area contributed by atoms with Gasteiger partial charge in [0.05, 0.1) is 23.9 Å². The monoisotopic (exact) mass is 275 g/mol. The van der Waals surface area contributed by atoms with Crippen molar-refractivity contribution in [3.63, 3.8) is 0 Å². The molecule has 4 nitrogen and oxygen atoms in total. The molecule has 1 N–H and O–H groups in total. The first-order chi connectivity index (χ1) is 10.3. The molecular formula is C17H13N3O. The highest BCUT2D eigenvalue weighted by Crippen LogP contribution is 2.29. The van der Waals surface area contributed by atoms with E-state index in [2.05, 4.69) is 16.4 Å². The molecule has 0 aliphatic heterocycles. The van der Waals surface area contributed by atoms with E-state index < -0.39 is 0 Å². The quantitative estimate of drug-likeness (QED) is 0.788. The second kappa shape index (κ2) is 5.51. The van der Waals surface area contributed by atoms with Gasteiger partial charge >= 0.3 is 0 Å². The van der Waals surface area contributed by atoms with Crippen LogP contribution in [0.3, 0.4) is 0 Å². The number of benzene rings is 2. The summed E-state index contributed by atoms with van der Waals surface area (Å²) >= 11 is 0. The number of nitrogens with zero attached hydrogens (tertiary/aromatic N) is 2. The Morgan fingerprint density at radius 1 is 1.10 bits per heavy atom. The molecule has 0 fully saturated rings. The Bertz CT molecular complexity index is 837. The highest BCUT2D eigenvalue weighted by molar-refractivity contribution is 5.84. The van der Waals surface area contributed by atoms with E-state index in [0.29, 0.717) is 17.1 Å². The summed E-state index contributed by atoms with van der Waals surface area (Å²) in [7, 11) is 1.61. The van der Waals surface area contributed by atoms with E-state index in [1.165, 1.54) is 0 Å². The van der Waals surface area contributed by atoms with Crippen LogP contribution in [0.5, 0.6) is 5.75 Å². The number of anilines is 2. The first-order valence-electron chi connectivity index (χ1n) is 6.52. The molecule has 1 aromatic heterocycles. The summed E-state index contributed by atoms with van der Waals surface area (Å²) in [6.45, 7) is 0. The fraction of sp³-hybridized carbons (Fsp3) is 0.0588. The molecule has 102 valence electrons. The van der Waals surface area contributed by atoms with E-state index in [9.17, 15) is 5.26 Å². The molecule has 0 unspecified atom stereocenters. The number of methoxy groups -OCH3 is 1. The molecule has 0 bridgehead atoms. The molecule has 1 heterocycles. The van der Waals surface area contributed by atoms with Gasteiger partial charge in [-0.1, -0.05) is 30.3 Å². The van der Waals surface area contributed by atoms with Gasteiger partial charge in [-0.2, -0.15) is 5.26 Å². The molecule has 4 heteroatoms. The summed E-state index contributed by atoms with van der Waals surface area (Å²) < 4.78 is 5.31. The predicted octanol–water partition coefficient (Wildman–Crippen LogP) is 3.86. The highest BCUT2D eigenvalue weighted by Gasteiger charge is 2.09. The number of hydrogen-bond donors (Lipinski definition) is 1. The molecule has 0 radical (unpaired) electrons. The number of rotatable bonds is 3. The number of pyridine rings is 1. The summed E-state index contributed by atoms with van der Waals surface area (Å²) in [5, 5.41) is 13.4. The third kappa shape index (κ3) is 2.49. The first kappa shape index (κ1) is 12.9. The number of ether oxygens (including phenoxy) is 1. The number of aromatic nitrogens is 1. The summed E-state index contributed by atoms with van der Waals surface area (Å²) in [5.74, 6) is 1.23. The van der Waals surface area contributed by atoms with E-state index in [-0.39, 0.29) is 0 Å². The minimum Gasteiger partial charge on any atom is -0.495 e. The summed E-state index contributed by atoms with van der Waals surface area (Å²) in [4.78, 5) is 4.53. The molecule has 21 heavy (non-hydrogen) atoms.